The van der Waals surface area contributed by atoms with E-state index in [4.69, 9.17) is 11.1 Å². The van der Waals surface area contributed by atoms with Gasteiger partial charge in [-0.05, 0) is 23.9 Å². The second-order valence-electron chi connectivity index (χ2n) is 3.86. The first kappa shape index (κ1) is 6.23. The molecular weight excluding hydrogens is 148 g/mol. The fourth-order valence-corrected chi connectivity index (χ4v) is 7.21. The Morgan fingerprint density at radius 1 is 1.44 bits per heavy atom. The normalized spacial score (nSPS) is 56.7. The highest BCUT2D eigenvalue weighted by atomic mass is 35.6. The predicted octanol–water partition coefficient (Wildman–Crippen LogP) is 2.98. The van der Waals surface area contributed by atoms with Crippen LogP contribution in [0.15, 0.2) is 0 Å². The summed E-state index contributed by atoms with van der Waals surface area (Å²) >= 11 is 6.40. The molecule has 2 rings (SSSR count). The monoisotopic (exact) mass is 160 g/mol. The van der Waals surface area contributed by atoms with Gasteiger partial charge < -0.3 is 0 Å². The van der Waals surface area contributed by atoms with Crippen LogP contribution in [0.1, 0.15) is 19.3 Å². The van der Waals surface area contributed by atoms with E-state index in [0.29, 0.717) is 0 Å². The average molecular weight is 161 g/mol. The van der Waals surface area contributed by atoms with Gasteiger partial charge in [-0.1, -0.05) is 19.4 Å². The molecule has 0 nitrogen and oxygen atoms in total. The molecule has 0 amide bonds. The van der Waals surface area contributed by atoms with Crippen molar-refractivity contribution in [1.29, 1.82) is 0 Å². The molecule has 2 fully saturated rings. The fourth-order valence-electron chi connectivity index (χ4n) is 2.54. The molecule has 2 heteroatoms. The quantitative estimate of drug-likeness (QED) is 0.378. The second-order valence-corrected chi connectivity index (χ2v) is 10.2. The van der Waals surface area contributed by atoms with Crippen molar-refractivity contribution in [3.8, 4) is 0 Å². The van der Waals surface area contributed by atoms with Crippen molar-refractivity contribution in [2.45, 2.75) is 37.4 Å². The topological polar surface area (TPSA) is 0 Å². The zero-order valence-electron chi connectivity index (χ0n) is 5.86. The van der Waals surface area contributed by atoms with Gasteiger partial charge in [0.1, 0.15) is 0 Å². The Hall–Kier alpha value is 0.507. The third-order valence-electron chi connectivity index (χ3n) is 3.08. The molecule has 52 valence electrons. The summed E-state index contributed by atoms with van der Waals surface area (Å²) in [7, 11) is -1.15. The maximum absolute atomic E-state index is 6.40. The predicted molar refractivity (Wildman–Crippen MR) is 43.4 cm³/mol. The fraction of sp³-hybridized carbons (Fsp3) is 1.00. The molecule has 0 unspecified atom stereocenters. The largest absolute Gasteiger partial charge is 0.167 e. The number of hydrogen-bond acceptors (Lipinski definition) is 0. The maximum Gasteiger partial charge on any atom is 0.156 e. The lowest BCUT2D eigenvalue weighted by molar-refractivity contribution is 0.621. The summed E-state index contributed by atoms with van der Waals surface area (Å²) in [6.07, 6.45) is 4.42. The van der Waals surface area contributed by atoms with E-state index in [9.17, 15) is 0 Å². The minimum atomic E-state index is -1.15. The lowest BCUT2D eigenvalue weighted by atomic mass is 10.1. The first-order chi connectivity index (χ1) is 4.18. The van der Waals surface area contributed by atoms with Crippen LogP contribution < -0.4 is 0 Å². The van der Waals surface area contributed by atoms with Gasteiger partial charge in [-0.3, -0.25) is 0 Å². The van der Waals surface area contributed by atoms with Gasteiger partial charge in [0.25, 0.3) is 0 Å². The minimum Gasteiger partial charge on any atom is -0.167 e. The molecule has 0 aromatic heterocycles. The standard InChI is InChI=1S/C7H13ClSi/c1-9(8)5-6-2-3-7(9)4-6/h6-7H,2-5H2,1H3/t6-,7+,9-/m0/s1. The molecule has 2 aliphatic rings. The Morgan fingerprint density at radius 3 is 2.44 bits per heavy atom. The van der Waals surface area contributed by atoms with E-state index in [1.54, 1.807) is 0 Å². The van der Waals surface area contributed by atoms with Crippen molar-refractivity contribution in [2.24, 2.45) is 5.92 Å². The van der Waals surface area contributed by atoms with Gasteiger partial charge in [-0.15, -0.1) is 0 Å². The minimum absolute atomic E-state index is 0.990. The van der Waals surface area contributed by atoms with Crippen molar-refractivity contribution in [3.05, 3.63) is 0 Å². The van der Waals surface area contributed by atoms with Crippen molar-refractivity contribution < 1.29 is 0 Å². The number of fused-ring (bicyclic) bond motifs is 2. The second kappa shape index (κ2) is 1.76. The van der Waals surface area contributed by atoms with Gasteiger partial charge in [0.05, 0.1) is 0 Å². The molecule has 1 aliphatic carbocycles. The molecule has 9 heavy (non-hydrogen) atoms. The van der Waals surface area contributed by atoms with Crippen LogP contribution in [0.25, 0.3) is 0 Å². The lowest BCUT2D eigenvalue weighted by Gasteiger charge is -2.23. The summed E-state index contributed by atoms with van der Waals surface area (Å²) in [5.41, 5.74) is 0.990. The third kappa shape index (κ3) is 0.856. The summed E-state index contributed by atoms with van der Waals surface area (Å²) in [4.78, 5) is 0. The van der Waals surface area contributed by atoms with E-state index in [2.05, 4.69) is 6.55 Å². The van der Waals surface area contributed by atoms with Crippen LogP contribution in [-0.4, -0.2) is 7.38 Å². The summed E-state index contributed by atoms with van der Waals surface area (Å²) in [5.74, 6) is 1.05. The van der Waals surface area contributed by atoms with Crippen LogP contribution in [0.5, 0.6) is 0 Å². The van der Waals surface area contributed by atoms with Gasteiger partial charge in [0.2, 0.25) is 0 Å². The Labute approximate surface area is 62.3 Å². The van der Waals surface area contributed by atoms with Gasteiger partial charge >= 0.3 is 0 Å². The molecule has 1 aliphatic heterocycles. The van der Waals surface area contributed by atoms with Crippen LogP contribution in [0.3, 0.4) is 0 Å². The van der Waals surface area contributed by atoms with E-state index < -0.39 is 7.38 Å². The van der Waals surface area contributed by atoms with Crippen LogP contribution in [0.2, 0.25) is 18.1 Å². The molecule has 3 atom stereocenters. The smallest absolute Gasteiger partial charge is 0.156 e. The summed E-state index contributed by atoms with van der Waals surface area (Å²) in [6, 6.07) is 1.42. The molecule has 0 N–H and O–H groups in total. The summed E-state index contributed by atoms with van der Waals surface area (Å²) in [6.45, 7) is 2.35. The molecule has 1 saturated carbocycles. The first-order valence-corrected chi connectivity index (χ1v) is 7.67. The lowest BCUT2D eigenvalue weighted by Crippen LogP contribution is -2.25. The van der Waals surface area contributed by atoms with Crippen LogP contribution in [-0.2, 0) is 0 Å². The van der Waals surface area contributed by atoms with E-state index in [1.165, 1.54) is 25.3 Å². The SMILES string of the molecule is C[Si@]1(Cl)C[C@H]2CC[C@@H]1C2. The highest BCUT2D eigenvalue weighted by Gasteiger charge is 2.48. The van der Waals surface area contributed by atoms with Gasteiger partial charge in [0, 0.05) is 0 Å². The molecule has 0 spiro atoms. The Morgan fingerprint density at radius 2 is 2.22 bits per heavy atom. The molecule has 0 aromatic carbocycles. The van der Waals surface area contributed by atoms with Gasteiger partial charge in [-0.25, -0.2) is 0 Å². The van der Waals surface area contributed by atoms with Crippen LogP contribution in [0, 0.1) is 5.92 Å². The van der Waals surface area contributed by atoms with Crippen molar-refractivity contribution in [1.82, 2.24) is 0 Å². The number of hydrogen-bond donors (Lipinski definition) is 0. The zero-order valence-corrected chi connectivity index (χ0v) is 7.62. The Bertz CT molecular complexity index is 133. The van der Waals surface area contributed by atoms with E-state index in [0.717, 1.165) is 11.5 Å². The molecule has 0 aromatic rings. The van der Waals surface area contributed by atoms with Crippen molar-refractivity contribution in [3.63, 3.8) is 0 Å². The zero-order chi connectivity index (χ0) is 6.48. The van der Waals surface area contributed by atoms with Crippen molar-refractivity contribution >= 4 is 18.5 Å². The Kier molecular flexibility index (Phi) is 1.22. The number of rotatable bonds is 0. The molecular formula is C7H13ClSi. The Balaban J connectivity index is 2.18. The van der Waals surface area contributed by atoms with E-state index in [1.807, 2.05) is 0 Å². The van der Waals surface area contributed by atoms with E-state index >= 15 is 0 Å². The summed E-state index contributed by atoms with van der Waals surface area (Å²) < 4.78 is 0. The molecule has 0 radical (unpaired) electrons. The van der Waals surface area contributed by atoms with E-state index in [-0.39, 0.29) is 0 Å². The van der Waals surface area contributed by atoms with Crippen LogP contribution in [0.4, 0.5) is 0 Å². The third-order valence-corrected chi connectivity index (χ3v) is 8.07. The average Bonchev–Trinajstić information content (AvgIpc) is 2.19. The molecule has 1 heterocycles. The molecule has 2 bridgehead atoms. The maximum atomic E-state index is 6.40. The van der Waals surface area contributed by atoms with Gasteiger partial charge in [-0.2, -0.15) is 11.1 Å². The summed E-state index contributed by atoms with van der Waals surface area (Å²) in [5, 5.41) is 0. The first-order valence-electron chi connectivity index (χ1n) is 3.87. The van der Waals surface area contributed by atoms with Crippen molar-refractivity contribution in [2.75, 3.05) is 0 Å². The van der Waals surface area contributed by atoms with Gasteiger partial charge in [0.15, 0.2) is 7.38 Å². The number of halogens is 1. The van der Waals surface area contributed by atoms with Crippen LogP contribution >= 0.6 is 11.1 Å². The molecule has 1 saturated heterocycles. The highest BCUT2D eigenvalue weighted by Crippen LogP contribution is 2.55. The highest BCUT2D eigenvalue weighted by molar-refractivity contribution is 7.20.